The first-order valence-electron chi connectivity index (χ1n) is 10.8. The van der Waals surface area contributed by atoms with E-state index in [1.165, 1.54) is 12.1 Å². The number of carbonyl (C=O) groups is 2. The lowest BCUT2D eigenvalue weighted by atomic mass is 9.77. The molecule has 2 aromatic rings. The summed E-state index contributed by atoms with van der Waals surface area (Å²) in [7, 11) is 0. The number of pyridine rings is 1. The maximum Gasteiger partial charge on any atom is 0.238 e. The van der Waals surface area contributed by atoms with Gasteiger partial charge in [0.15, 0.2) is 0 Å². The molecular weight excluding hydrogens is 409 g/mol. The maximum atomic E-state index is 13.5. The predicted molar refractivity (Wildman–Crippen MR) is 124 cm³/mol. The summed E-state index contributed by atoms with van der Waals surface area (Å²) in [6.07, 6.45) is 1.81. The number of nitrogens with two attached hydrogens (primary N) is 2. The Bertz CT molecular complexity index is 907. The van der Waals surface area contributed by atoms with Gasteiger partial charge < -0.3 is 16.8 Å². The molecule has 7 nitrogen and oxygen atoms in total. The number of nitrogens with zero attached hydrogens (tertiary/aromatic N) is 2. The fourth-order valence-electron chi connectivity index (χ4n) is 4.40. The summed E-state index contributed by atoms with van der Waals surface area (Å²) in [5, 5.41) is 2.92. The molecule has 8 heteroatoms. The minimum absolute atomic E-state index is 0.0442. The number of hydrogen-bond donors (Lipinski definition) is 3. The number of nitrogens with one attached hydrogen (secondary N) is 1. The quantitative estimate of drug-likeness (QED) is 0.522. The summed E-state index contributed by atoms with van der Waals surface area (Å²) in [5.74, 6) is -1.69. The Morgan fingerprint density at radius 3 is 2.09 bits per heavy atom. The zero-order chi connectivity index (χ0) is 24.1. The summed E-state index contributed by atoms with van der Waals surface area (Å²) in [5.41, 5.74) is 11.8. The molecule has 32 heavy (non-hydrogen) atoms. The van der Waals surface area contributed by atoms with Crippen LogP contribution in [-0.4, -0.2) is 39.3 Å². The molecule has 2 atom stereocenters. The maximum absolute atomic E-state index is 13.5. The van der Waals surface area contributed by atoms with Crippen LogP contribution in [0.4, 0.5) is 10.2 Å². The van der Waals surface area contributed by atoms with Crippen LogP contribution in [0.25, 0.3) is 0 Å². The highest BCUT2D eigenvalue weighted by molar-refractivity contribution is 5.93. The van der Waals surface area contributed by atoms with Crippen molar-refractivity contribution in [1.82, 2.24) is 15.2 Å². The number of aromatic nitrogens is 1. The molecule has 0 bridgehead atoms. The van der Waals surface area contributed by atoms with Crippen LogP contribution in [0.5, 0.6) is 0 Å². The number of rotatable bonds is 10. The van der Waals surface area contributed by atoms with E-state index < -0.39 is 17.4 Å². The number of anilines is 1. The molecule has 2 rings (SSSR count). The van der Waals surface area contributed by atoms with Crippen molar-refractivity contribution >= 4 is 17.6 Å². The Balaban J connectivity index is 2.44. The van der Waals surface area contributed by atoms with Gasteiger partial charge in [0.2, 0.25) is 11.8 Å². The predicted octanol–water partition coefficient (Wildman–Crippen LogP) is 2.64. The lowest BCUT2D eigenvalue weighted by Crippen LogP contribution is -2.67. The Kier molecular flexibility index (Phi) is 8.32. The lowest BCUT2D eigenvalue weighted by Gasteiger charge is -2.48. The van der Waals surface area contributed by atoms with Crippen LogP contribution >= 0.6 is 0 Å². The molecule has 0 fully saturated rings. The number of halogens is 1. The fourth-order valence-corrected chi connectivity index (χ4v) is 4.40. The van der Waals surface area contributed by atoms with Crippen molar-refractivity contribution in [3.8, 4) is 0 Å². The van der Waals surface area contributed by atoms with E-state index in [1.807, 2.05) is 32.6 Å². The van der Waals surface area contributed by atoms with Crippen molar-refractivity contribution in [2.24, 2.45) is 11.7 Å². The van der Waals surface area contributed by atoms with Gasteiger partial charge in [-0.05, 0) is 70.4 Å². The van der Waals surface area contributed by atoms with Crippen molar-refractivity contribution in [2.45, 2.75) is 65.2 Å². The van der Waals surface area contributed by atoms with Crippen molar-refractivity contribution < 1.29 is 14.0 Å². The van der Waals surface area contributed by atoms with E-state index in [0.717, 1.165) is 11.1 Å². The Morgan fingerprint density at radius 2 is 1.62 bits per heavy atom. The molecule has 0 saturated carbocycles. The fraction of sp³-hybridized carbons (Fsp3) is 0.458. The van der Waals surface area contributed by atoms with Gasteiger partial charge in [-0.25, -0.2) is 9.37 Å². The second-order valence-electron chi connectivity index (χ2n) is 8.80. The van der Waals surface area contributed by atoms with Gasteiger partial charge in [0.25, 0.3) is 0 Å². The average Bonchev–Trinajstić information content (AvgIpc) is 2.71. The number of amides is 2. The molecule has 0 aliphatic rings. The van der Waals surface area contributed by atoms with Crippen LogP contribution in [0.15, 0.2) is 42.6 Å². The number of benzene rings is 1. The van der Waals surface area contributed by atoms with Crippen LogP contribution < -0.4 is 16.8 Å². The minimum Gasteiger partial charge on any atom is -0.384 e. The van der Waals surface area contributed by atoms with Crippen molar-refractivity contribution in [3.63, 3.8) is 0 Å². The average molecular weight is 444 g/mol. The first kappa shape index (κ1) is 25.3. The lowest BCUT2D eigenvalue weighted by molar-refractivity contribution is -0.146. The van der Waals surface area contributed by atoms with Gasteiger partial charge in [-0.15, -0.1) is 0 Å². The molecule has 1 aromatic carbocycles. The van der Waals surface area contributed by atoms with Crippen LogP contribution in [-0.2, 0) is 22.6 Å². The van der Waals surface area contributed by atoms with E-state index in [2.05, 4.69) is 10.3 Å². The van der Waals surface area contributed by atoms with Gasteiger partial charge in [0.1, 0.15) is 17.2 Å². The van der Waals surface area contributed by atoms with Gasteiger partial charge in [-0.3, -0.25) is 14.5 Å². The largest absolute Gasteiger partial charge is 0.384 e. The Labute approximate surface area is 189 Å². The third kappa shape index (κ3) is 5.82. The minimum atomic E-state index is -1.28. The zero-order valence-electron chi connectivity index (χ0n) is 19.4. The summed E-state index contributed by atoms with van der Waals surface area (Å²) in [6, 6.07) is 9.27. The highest BCUT2D eigenvalue weighted by Crippen LogP contribution is 2.32. The van der Waals surface area contributed by atoms with E-state index >= 15 is 0 Å². The monoisotopic (exact) mass is 443 g/mol. The van der Waals surface area contributed by atoms with Crippen LogP contribution in [0.2, 0.25) is 0 Å². The van der Waals surface area contributed by atoms with Gasteiger partial charge in [0.05, 0.1) is 5.92 Å². The van der Waals surface area contributed by atoms with E-state index in [-0.39, 0.29) is 36.8 Å². The molecular formula is C24H34FN5O2. The van der Waals surface area contributed by atoms with Crippen LogP contribution in [0, 0.1) is 11.7 Å². The normalized spacial score (nSPS) is 14.4. The van der Waals surface area contributed by atoms with Crippen LogP contribution in [0.1, 0.15) is 45.7 Å². The highest BCUT2D eigenvalue weighted by atomic mass is 19.1. The van der Waals surface area contributed by atoms with Crippen molar-refractivity contribution in [3.05, 3.63) is 59.5 Å². The topological polar surface area (TPSA) is 114 Å². The molecule has 1 aromatic heterocycles. The zero-order valence-corrected chi connectivity index (χ0v) is 19.4. The number of carbonyl (C=O) groups excluding carboxylic acids is 2. The first-order valence-corrected chi connectivity index (χ1v) is 10.8. The summed E-state index contributed by atoms with van der Waals surface area (Å²) < 4.78 is 13.4. The van der Waals surface area contributed by atoms with E-state index in [1.54, 1.807) is 37.4 Å². The molecule has 5 N–H and O–H groups in total. The smallest absolute Gasteiger partial charge is 0.238 e. The second-order valence-corrected chi connectivity index (χ2v) is 8.80. The second kappa shape index (κ2) is 10.5. The number of primary amides is 1. The third-order valence-corrected chi connectivity index (χ3v) is 5.81. The van der Waals surface area contributed by atoms with E-state index in [9.17, 15) is 14.0 Å². The van der Waals surface area contributed by atoms with Gasteiger partial charge in [0, 0.05) is 24.8 Å². The molecule has 1 heterocycles. The Hall–Kier alpha value is -3.00. The molecule has 1 unspecified atom stereocenters. The van der Waals surface area contributed by atoms with Crippen molar-refractivity contribution in [2.75, 3.05) is 5.73 Å². The first-order chi connectivity index (χ1) is 15.0. The van der Waals surface area contributed by atoms with Gasteiger partial charge >= 0.3 is 0 Å². The molecule has 0 spiro atoms. The van der Waals surface area contributed by atoms with Crippen LogP contribution in [0.3, 0.4) is 0 Å². The van der Waals surface area contributed by atoms with Crippen molar-refractivity contribution in [1.29, 1.82) is 0 Å². The molecule has 174 valence electrons. The molecule has 2 amide bonds. The number of nitrogen functional groups attached to an aromatic ring is 1. The molecule has 0 saturated heterocycles. The summed E-state index contributed by atoms with van der Waals surface area (Å²) >= 11 is 0. The van der Waals surface area contributed by atoms with Gasteiger partial charge in [-0.2, -0.15) is 0 Å². The number of hydrogen-bond acceptors (Lipinski definition) is 5. The Morgan fingerprint density at radius 1 is 1.06 bits per heavy atom. The van der Waals surface area contributed by atoms with E-state index in [0.29, 0.717) is 5.82 Å². The summed E-state index contributed by atoms with van der Waals surface area (Å²) in [6.45, 7) is 9.81. The van der Waals surface area contributed by atoms with Gasteiger partial charge in [-0.1, -0.05) is 18.2 Å². The molecule has 0 radical (unpaired) electrons. The third-order valence-electron chi connectivity index (χ3n) is 5.81. The van der Waals surface area contributed by atoms with E-state index in [4.69, 9.17) is 11.5 Å². The highest BCUT2D eigenvalue weighted by Gasteiger charge is 2.50. The standard InChI is InChI=1S/C24H34FN5O2/c1-15(2)30(16(3)4)24(5,23(27)32)20(12-17-6-9-19(25)10-7-17)22(31)29-14-18-8-11-21(26)28-13-18/h6-11,13,15-16,20H,12,14H2,1-5H3,(H2,26,28)(H2,27,32)(H,29,31)/t20-,24?/m1/s1. The molecule has 0 aliphatic heterocycles. The SMILES string of the molecule is CC(C)N(C(C)C)C(C)(C(N)=O)[C@H](Cc1ccc(F)cc1)C(=O)NCc1ccc(N)nc1. The summed E-state index contributed by atoms with van der Waals surface area (Å²) in [4.78, 5) is 32.4. The molecule has 0 aliphatic carbocycles.